The third-order valence-electron chi connectivity index (χ3n) is 0. The monoisotopic (exact) mass is 196 g/mol. The van der Waals surface area contributed by atoms with Gasteiger partial charge in [-0.1, -0.05) is 0 Å². The predicted molar refractivity (Wildman–Crippen MR) is 35.1 cm³/mol. The van der Waals surface area contributed by atoms with Gasteiger partial charge in [0, 0.05) is 0 Å². The van der Waals surface area contributed by atoms with Gasteiger partial charge in [-0.3, -0.25) is 0 Å². The molecule has 0 unspecified atom stereocenters. The summed E-state index contributed by atoms with van der Waals surface area (Å²) < 4.78 is 0. The molecule has 0 aromatic heterocycles. The third-order valence-corrected chi connectivity index (χ3v) is 0. The summed E-state index contributed by atoms with van der Waals surface area (Å²) in [7, 11) is 0. The second kappa shape index (κ2) is 1.15. The molecule has 0 N–H and O–H groups in total. The summed E-state index contributed by atoms with van der Waals surface area (Å²) in [4.78, 5) is 12.0. The topological polar surface area (TPSA) is 0 Å². The van der Waals surface area contributed by atoms with E-state index in [-0.39, 0.29) is 0 Å². The number of hydrogen-bond acceptors (Lipinski definition) is 0. The Balaban J connectivity index is 3.73. The molecule has 0 atom stereocenters. The quantitative estimate of drug-likeness (QED) is 0.523. The first-order valence-corrected chi connectivity index (χ1v) is 15.0. The summed E-state index contributed by atoms with van der Waals surface area (Å²) in [5.41, 5.74) is 0. The molecule has 0 aromatic carbocycles. The van der Waals surface area contributed by atoms with Crippen molar-refractivity contribution in [1.29, 1.82) is 0 Å². The molecule has 40 valence electrons. The molecule has 0 saturated heterocycles. The van der Waals surface area contributed by atoms with E-state index in [4.69, 9.17) is 0 Å². The number of rotatable bonds is 0. The molecule has 0 heterocycles. The van der Waals surface area contributed by atoms with Crippen LogP contribution in [0.3, 0.4) is 0 Å². The molecule has 0 aliphatic rings. The van der Waals surface area contributed by atoms with Gasteiger partial charge in [-0.2, -0.15) is 0 Å². The molecule has 0 saturated carbocycles. The van der Waals surface area contributed by atoms with E-state index in [0.29, 0.717) is 0 Å². The molecular weight excluding hydrogens is 182 g/mol. The fourth-order valence-electron chi connectivity index (χ4n) is 0. The van der Waals surface area contributed by atoms with E-state index in [9.17, 15) is 0 Å². The fraction of sp³-hybridized carbons (Fsp3) is 1.00. The molecule has 0 aromatic rings. The molecule has 0 amide bonds. The Morgan fingerprint density at radius 2 is 0.667 bits per heavy atom. The van der Waals surface area contributed by atoms with Gasteiger partial charge < -0.3 is 0 Å². The Bertz CT molecular complexity index is 37.1. The van der Waals surface area contributed by atoms with Gasteiger partial charge in [0.2, 0.25) is 0 Å². The maximum atomic E-state index is 2.41. The van der Waals surface area contributed by atoms with Crippen molar-refractivity contribution in [3.05, 3.63) is 0 Å². The van der Waals surface area contributed by atoms with Crippen LogP contribution < -0.4 is 0 Å². The molecule has 0 bridgehead atoms. The minimum atomic E-state index is -1.69. The molecule has 0 nitrogen and oxygen atoms in total. The standard InChI is InChI=1S/5CH3.Sb/h5*1H3;. The van der Waals surface area contributed by atoms with Gasteiger partial charge in [0.05, 0.1) is 0 Å². The van der Waals surface area contributed by atoms with Crippen molar-refractivity contribution >= 4 is 17.4 Å². The summed E-state index contributed by atoms with van der Waals surface area (Å²) in [5, 5.41) is 0. The van der Waals surface area contributed by atoms with Crippen molar-refractivity contribution in [2.45, 2.75) is 24.4 Å². The summed E-state index contributed by atoms with van der Waals surface area (Å²) >= 11 is -1.69. The SMILES string of the molecule is [CH3][Sb]([CH3])([CH3])([CH3])[CH3]. The van der Waals surface area contributed by atoms with Gasteiger partial charge in [-0.15, -0.1) is 0 Å². The molecular formula is C5H15Sb. The summed E-state index contributed by atoms with van der Waals surface area (Å²) in [6.07, 6.45) is 0. The van der Waals surface area contributed by atoms with Crippen LogP contribution in [0.15, 0.2) is 0 Å². The van der Waals surface area contributed by atoms with E-state index in [1.165, 1.54) is 0 Å². The Morgan fingerprint density at radius 3 is 0.667 bits per heavy atom. The zero-order valence-corrected chi connectivity index (χ0v) is 8.00. The van der Waals surface area contributed by atoms with Crippen LogP contribution in [0, 0.1) is 0 Å². The van der Waals surface area contributed by atoms with Crippen LogP contribution in [0.5, 0.6) is 0 Å². The van der Waals surface area contributed by atoms with Gasteiger partial charge in [0.15, 0.2) is 0 Å². The molecule has 0 fully saturated rings. The molecule has 6 heavy (non-hydrogen) atoms. The van der Waals surface area contributed by atoms with E-state index in [0.717, 1.165) is 0 Å². The average Bonchev–Trinajstić information content (AvgIpc) is 0.650. The van der Waals surface area contributed by atoms with Crippen molar-refractivity contribution < 1.29 is 0 Å². The molecule has 0 aliphatic carbocycles. The zero-order chi connectivity index (χ0) is 5.45. The van der Waals surface area contributed by atoms with Crippen LogP contribution >= 0.6 is 0 Å². The first-order chi connectivity index (χ1) is 2.24. The first kappa shape index (κ1) is 6.82. The fourth-order valence-corrected chi connectivity index (χ4v) is 0. The van der Waals surface area contributed by atoms with Gasteiger partial charge >= 0.3 is 41.7 Å². The summed E-state index contributed by atoms with van der Waals surface area (Å²) in [5.74, 6) is 0. The van der Waals surface area contributed by atoms with E-state index in [1.807, 2.05) is 0 Å². The molecule has 0 aliphatic heterocycles. The Morgan fingerprint density at radius 1 is 0.667 bits per heavy atom. The van der Waals surface area contributed by atoms with E-state index in [2.05, 4.69) is 24.4 Å². The van der Waals surface area contributed by atoms with Crippen LogP contribution in [0.4, 0.5) is 0 Å². The van der Waals surface area contributed by atoms with Crippen LogP contribution in [0.25, 0.3) is 0 Å². The average molecular weight is 197 g/mol. The van der Waals surface area contributed by atoms with E-state index < -0.39 is 17.4 Å². The second-order valence-electron chi connectivity index (χ2n) is 4.47. The second-order valence-corrected chi connectivity index (χ2v) is 30.0. The van der Waals surface area contributed by atoms with Gasteiger partial charge in [-0.05, 0) is 0 Å². The van der Waals surface area contributed by atoms with Crippen molar-refractivity contribution in [3.63, 3.8) is 0 Å². The maximum absolute atomic E-state index is 2.41. The van der Waals surface area contributed by atoms with Crippen molar-refractivity contribution in [2.75, 3.05) is 0 Å². The molecule has 0 rings (SSSR count). The van der Waals surface area contributed by atoms with Crippen LogP contribution in [0.2, 0.25) is 24.4 Å². The van der Waals surface area contributed by atoms with Gasteiger partial charge in [0.25, 0.3) is 0 Å². The van der Waals surface area contributed by atoms with Crippen molar-refractivity contribution in [1.82, 2.24) is 0 Å². The molecule has 0 spiro atoms. The summed E-state index contributed by atoms with van der Waals surface area (Å²) in [6, 6.07) is 0. The van der Waals surface area contributed by atoms with Crippen molar-refractivity contribution in [2.24, 2.45) is 0 Å². The van der Waals surface area contributed by atoms with Crippen LogP contribution in [-0.4, -0.2) is 17.4 Å². The molecule has 1 heteroatoms. The van der Waals surface area contributed by atoms with Crippen LogP contribution in [-0.2, 0) is 0 Å². The normalized spacial score (nSPS) is 19.2. The van der Waals surface area contributed by atoms with Gasteiger partial charge in [0.1, 0.15) is 0 Å². The van der Waals surface area contributed by atoms with Gasteiger partial charge in [-0.25, -0.2) is 0 Å². The van der Waals surface area contributed by atoms with Crippen molar-refractivity contribution in [3.8, 4) is 0 Å². The summed E-state index contributed by atoms with van der Waals surface area (Å²) in [6.45, 7) is 0. The first-order valence-electron chi connectivity index (χ1n) is 2.24. The number of hydrogen-bond donors (Lipinski definition) is 0. The third kappa shape index (κ3) is 105. The van der Waals surface area contributed by atoms with Crippen LogP contribution in [0.1, 0.15) is 0 Å². The van der Waals surface area contributed by atoms with E-state index in [1.54, 1.807) is 0 Å². The minimum absolute atomic E-state index is 1.69. The van der Waals surface area contributed by atoms with E-state index >= 15 is 0 Å². The molecule has 0 radical (unpaired) electrons. The Hall–Kier alpha value is 0.818. The zero-order valence-electron chi connectivity index (χ0n) is 5.45. The predicted octanol–water partition coefficient (Wildman–Crippen LogP) is 2.54. The Kier molecular flexibility index (Phi) is 1.31. The Labute approximate surface area is 42.0 Å².